The zero-order chi connectivity index (χ0) is 19.6. The van der Waals surface area contributed by atoms with Gasteiger partial charge in [-0.25, -0.2) is 4.98 Å². The van der Waals surface area contributed by atoms with E-state index in [4.69, 9.17) is 14.7 Å². The Morgan fingerprint density at radius 3 is 2.72 bits per heavy atom. The van der Waals surface area contributed by atoms with Gasteiger partial charge in [-0.1, -0.05) is 0 Å². The van der Waals surface area contributed by atoms with Gasteiger partial charge in [0, 0.05) is 43.5 Å². The molecule has 0 atom stereocenters. The molecule has 1 aliphatic rings. The van der Waals surface area contributed by atoms with Gasteiger partial charge in [0.05, 0.1) is 11.2 Å². The number of pyridine rings is 1. The molecule has 1 saturated heterocycles. The number of aromatic nitrogens is 5. The molecule has 0 unspecified atom stereocenters. The molecule has 0 aromatic carbocycles. The van der Waals surface area contributed by atoms with Crippen LogP contribution < -0.4 is 10.6 Å². The van der Waals surface area contributed by atoms with Crippen LogP contribution in [-0.2, 0) is 4.74 Å². The Balaban J connectivity index is 1.58. The summed E-state index contributed by atoms with van der Waals surface area (Å²) in [7, 11) is 0. The Kier molecular flexibility index (Phi) is 4.82. The van der Waals surface area contributed by atoms with Crippen LogP contribution in [0.3, 0.4) is 0 Å². The number of hydrogen-bond acceptors (Lipinski definition) is 8. The lowest BCUT2D eigenvalue weighted by Gasteiger charge is -2.24. The highest BCUT2D eigenvalue weighted by Crippen LogP contribution is 2.29. The minimum absolute atomic E-state index is 0.320. The molecule has 0 bridgehead atoms. The van der Waals surface area contributed by atoms with Crippen LogP contribution in [0.2, 0.25) is 0 Å². The lowest BCUT2D eigenvalue weighted by Crippen LogP contribution is -2.28. The van der Waals surface area contributed by atoms with Crippen molar-refractivity contribution in [2.24, 2.45) is 0 Å². The zero-order valence-electron chi connectivity index (χ0n) is 16.0. The number of hydrogen-bond donors (Lipinski definition) is 2. The Hall–Kier alpha value is -3.04. The number of rotatable bonds is 5. The largest absolute Gasteiger partial charge is 0.381 e. The molecule has 2 N–H and O–H groups in total. The molecule has 1 fully saturated rings. The van der Waals surface area contributed by atoms with Crippen LogP contribution in [0.5, 0.6) is 0 Å². The van der Waals surface area contributed by atoms with Gasteiger partial charge in [0.25, 0.3) is 0 Å². The SMILES string of the molecule is Cc1cc(Nc2nc(NC3CCOCC3)c3c(ccn3-c3ccncc3)n2)sn1. The molecule has 4 aromatic rings. The first kappa shape index (κ1) is 18.0. The first-order chi connectivity index (χ1) is 14.3. The predicted octanol–water partition coefficient (Wildman–Crippen LogP) is 3.91. The van der Waals surface area contributed by atoms with Gasteiger partial charge in [-0.05, 0) is 55.6 Å². The summed E-state index contributed by atoms with van der Waals surface area (Å²) in [6.07, 6.45) is 7.51. The van der Waals surface area contributed by atoms with E-state index in [1.807, 2.05) is 37.4 Å². The summed E-state index contributed by atoms with van der Waals surface area (Å²) in [6.45, 7) is 3.50. The average Bonchev–Trinajstić information content (AvgIpc) is 3.36. The van der Waals surface area contributed by atoms with Crippen molar-refractivity contribution in [3.05, 3.63) is 48.5 Å². The van der Waals surface area contributed by atoms with E-state index in [2.05, 4.69) is 24.6 Å². The van der Waals surface area contributed by atoms with Gasteiger partial charge in [0.2, 0.25) is 5.95 Å². The Morgan fingerprint density at radius 1 is 1.14 bits per heavy atom. The molecule has 0 saturated carbocycles. The number of fused-ring (bicyclic) bond motifs is 1. The molecule has 0 radical (unpaired) electrons. The average molecular weight is 408 g/mol. The fourth-order valence-corrected chi connectivity index (χ4v) is 4.15. The Labute approximate surface area is 172 Å². The van der Waals surface area contributed by atoms with Crippen LogP contribution in [0.4, 0.5) is 16.8 Å². The van der Waals surface area contributed by atoms with E-state index < -0.39 is 0 Å². The second-order valence-electron chi connectivity index (χ2n) is 7.01. The van der Waals surface area contributed by atoms with Gasteiger partial charge >= 0.3 is 0 Å². The van der Waals surface area contributed by atoms with E-state index in [-0.39, 0.29) is 0 Å². The zero-order valence-corrected chi connectivity index (χ0v) is 16.8. The molecule has 29 heavy (non-hydrogen) atoms. The van der Waals surface area contributed by atoms with Crippen molar-refractivity contribution in [3.8, 4) is 5.69 Å². The molecule has 5 heterocycles. The number of nitrogens with one attached hydrogen (secondary N) is 2. The highest BCUT2D eigenvalue weighted by Gasteiger charge is 2.19. The summed E-state index contributed by atoms with van der Waals surface area (Å²) >= 11 is 1.40. The van der Waals surface area contributed by atoms with Gasteiger partial charge in [0.15, 0.2) is 5.82 Å². The fraction of sp³-hybridized carbons (Fsp3) is 0.300. The van der Waals surface area contributed by atoms with Crippen LogP contribution >= 0.6 is 11.5 Å². The van der Waals surface area contributed by atoms with Crippen LogP contribution in [-0.4, -0.2) is 43.1 Å². The number of nitrogens with zero attached hydrogens (tertiary/aromatic N) is 5. The summed E-state index contributed by atoms with van der Waals surface area (Å²) in [5.74, 6) is 1.37. The van der Waals surface area contributed by atoms with Crippen molar-refractivity contribution in [3.63, 3.8) is 0 Å². The topological polar surface area (TPSA) is 89.8 Å². The molecule has 5 rings (SSSR count). The number of anilines is 3. The lowest BCUT2D eigenvalue weighted by atomic mass is 10.1. The molecule has 8 nitrogen and oxygen atoms in total. The highest BCUT2D eigenvalue weighted by atomic mass is 32.1. The minimum atomic E-state index is 0.320. The molecular weight excluding hydrogens is 386 g/mol. The molecule has 0 amide bonds. The monoisotopic (exact) mass is 407 g/mol. The van der Waals surface area contributed by atoms with E-state index in [0.717, 1.165) is 59.3 Å². The van der Waals surface area contributed by atoms with E-state index in [9.17, 15) is 0 Å². The molecule has 1 aliphatic heterocycles. The second-order valence-corrected chi connectivity index (χ2v) is 7.81. The lowest BCUT2D eigenvalue weighted by molar-refractivity contribution is 0.0904. The highest BCUT2D eigenvalue weighted by molar-refractivity contribution is 7.10. The number of aryl methyl sites for hydroxylation is 1. The van der Waals surface area contributed by atoms with Gasteiger partial charge in [-0.3, -0.25) is 4.98 Å². The first-order valence-corrected chi connectivity index (χ1v) is 10.4. The molecule has 4 aromatic heterocycles. The van der Waals surface area contributed by atoms with Gasteiger partial charge in [0.1, 0.15) is 10.5 Å². The van der Waals surface area contributed by atoms with E-state index in [1.54, 1.807) is 12.4 Å². The third-order valence-corrected chi connectivity index (χ3v) is 5.70. The van der Waals surface area contributed by atoms with E-state index >= 15 is 0 Å². The van der Waals surface area contributed by atoms with Crippen LogP contribution in [0.1, 0.15) is 18.5 Å². The molecule has 0 spiro atoms. The predicted molar refractivity (Wildman–Crippen MR) is 114 cm³/mol. The molecule has 9 heteroatoms. The maximum absolute atomic E-state index is 5.51. The Morgan fingerprint density at radius 2 is 1.97 bits per heavy atom. The summed E-state index contributed by atoms with van der Waals surface area (Å²) in [5.41, 5.74) is 3.82. The van der Waals surface area contributed by atoms with Crippen LogP contribution in [0.25, 0.3) is 16.7 Å². The van der Waals surface area contributed by atoms with E-state index in [1.165, 1.54) is 11.5 Å². The third kappa shape index (κ3) is 3.79. The quantitative estimate of drug-likeness (QED) is 0.518. The van der Waals surface area contributed by atoms with Gasteiger partial charge in [-0.15, -0.1) is 0 Å². The van der Waals surface area contributed by atoms with Crippen molar-refractivity contribution in [2.75, 3.05) is 23.8 Å². The van der Waals surface area contributed by atoms with Crippen molar-refractivity contribution in [1.82, 2.24) is 23.9 Å². The fourth-order valence-electron chi connectivity index (χ4n) is 3.49. The summed E-state index contributed by atoms with van der Waals surface area (Å²) in [5, 5.41) is 7.85. The van der Waals surface area contributed by atoms with Crippen LogP contribution in [0.15, 0.2) is 42.9 Å². The van der Waals surface area contributed by atoms with Crippen molar-refractivity contribution < 1.29 is 4.74 Å². The third-order valence-electron chi connectivity index (χ3n) is 4.90. The smallest absolute Gasteiger partial charge is 0.230 e. The molecular formula is C20H21N7OS. The maximum Gasteiger partial charge on any atom is 0.230 e. The summed E-state index contributed by atoms with van der Waals surface area (Å²) in [4.78, 5) is 13.7. The second kappa shape index (κ2) is 7.76. The van der Waals surface area contributed by atoms with Crippen molar-refractivity contribution in [1.29, 1.82) is 0 Å². The standard InChI is InChI=1S/C20H21N7OS/c1-13-12-17(29-26-13)24-20-23-16-4-9-27(15-2-7-21-8-3-15)18(16)19(25-20)22-14-5-10-28-11-6-14/h2-4,7-9,12,14H,5-6,10-11H2,1H3,(H2,22,23,24,25). The summed E-state index contributed by atoms with van der Waals surface area (Å²) < 4.78 is 11.9. The van der Waals surface area contributed by atoms with E-state index in [0.29, 0.717) is 12.0 Å². The van der Waals surface area contributed by atoms with Crippen LogP contribution in [0, 0.1) is 6.92 Å². The normalized spacial score (nSPS) is 14.9. The first-order valence-electron chi connectivity index (χ1n) is 9.60. The minimum Gasteiger partial charge on any atom is -0.381 e. The summed E-state index contributed by atoms with van der Waals surface area (Å²) in [6, 6.07) is 8.27. The molecule has 0 aliphatic carbocycles. The maximum atomic E-state index is 5.51. The number of ether oxygens (including phenoxy) is 1. The Bertz CT molecular complexity index is 1120. The van der Waals surface area contributed by atoms with Gasteiger partial charge < -0.3 is 19.9 Å². The van der Waals surface area contributed by atoms with Crippen molar-refractivity contribution >= 4 is 39.3 Å². The van der Waals surface area contributed by atoms with Gasteiger partial charge in [-0.2, -0.15) is 9.36 Å². The molecule has 148 valence electrons. The van der Waals surface area contributed by atoms with Crippen molar-refractivity contribution in [2.45, 2.75) is 25.8 Å².